The lowest BCUT2D eigenvalue weighted by molar-refractivity contribution is 0.445. The second-order valence-corrected chi connectivity index (χ2v) is 9.83. The molecule has 0 saturated carbocycles. The lowest BCUT2D eigenvalue weighted by Gasteiger charge is -2.26. The minimum atomic E-state index is -3.61. The van der Waals surface area contributed by atoms with E-state index in [2.05, 4.69) is 15.2 Å². The number of hydrogen-bond donors (Lipinski definition) is 1. The SMILES string of the molecule is CCN(CC)c1ccc(S(=O)(=O)N(CC)CC)cc1NCc1cc(=O)n2cc(Cl)ccc2n1. The van der Waals surface area contributed by atoms with E-state index in [1.54, 1.807) is 24.3 Å². The van der Waals surface area contributed by atoms with Crippen molar-refractivity contribution >= 4 is 38.6 Å². The van der Waals surface area contributed by atoms with E-state index >= 15 is 0 Å². The lowest BCUT2D eigenvalue weighted by atomic mass is 10.2. The first kappa shape index (κ1) is 25.0. The molecule has 0 aliphatic rings. The van der Waals surface area contributed by atoms with Gasteiger partial charge in [0.1, 0.15) is 5.65 Å². The highest BCUT2D eigenvalue weighted by molar-refractivity contribution is 7.89. The molecule has 0 saturated heterocycles. The summed E-state index contributed by atoms with van der Waals surface area (Å²) in [6.45, 7) is 10.3. The summed E-state index contributed by atoms with van der Waals surface area (Å²) in [4.78, 5) is 19.4. The Bertz CT molecular complexity index is 1280. The summed E-state index contributed by atoms with van der Waals surface area (Å²) in [6, 6.07) is 9.96. The number of halogens is 1. The van der Waals surface area contributed by atoms with Crippen LogP contribution < -0.4 is 15.8 Å². The van der Waals surface area contributed by atoms with E-state index in [0.717, 1.165) is 18.8 Å². The maximum Gasteiger partial charge on any atom is 0.258 e. The number of pyridine rings is 1. The van der Waals surface area contributed by atoms with Crippen molar-refractivity contribution in [3.63, 3.8) is 0 Å². The van der Waals surface area contributed by atoms with Crippen LogP contribution in [0.4, 0.5) is 11.4 Å². The number of fused-ring (bicyclic) bond motifs is 1. The zero-order valence-electron chi connectivity index (χ0n) is 19.4. The molecule has 0 amide bonds. The summed E-state index contributed by atoms with van der Waals surface area (Å²) < 4.78 is 29.0. The van der Waals surface area contributed by atoms with Crippen molar-refractivity contribution in [1.82, 2.24) is 13.7 Å². The minimum absolute atomic E-state index is 0.228. The van der Waals surface area contributed by atoms with Crippen LogP contribution in [0.3, 0.4) is 0 Å². The molecule has 3 rings (SSSR count). The van der Waals surface area contributed by atoms with Crippen LogP contribution in [0.2, 0.25) is 5.02 Å². The largest absolute Gasteiger partial charge is 0.378 e. The Morgan fingerprint density at radius 1 is 1.00 bits per heavy atom. The van der Waals surface area contributed by atoms with Crippen molar-refractivity contribution in [2.24, 2.45) is 0 Å². The maximum absolute atomic E-state index is 13.1. The van der Waals surface area contributed by atoms with Gasteiger partial charge in [0.15, 0.2) is 0 Å². The van der Waals surface area contributed by atoms with E-state index < -0.39 is 10.0 Å². The molecule has 0 radical (unpaired) electrons. The average molecular weight is 492 g/mol. The Morgan fingerprint density at radius 2 is 1.70 bits per heavy atom. The molecule has 1 aromatic carbocycles. The number of benzene rings is 1. The van der Waals surface area contributed by atoms with Crippen LogP contribution in [0.15, 0.2) is 52.3 Å². The fourth-order valence-electron chi connectivity index (χ4n) is 3.77. The first-order valence-corrected chi connectivity index (χ1v) is 12.9. The van der Waals surface area contributed by atoms with Gasteiger partial charge in [-0.2, -0.15) is 4.31 Å². The Morgan fingerprint density at radius 3 is 2.33 bits per heavy atom. The number of nitrogens with one attached hydrogen (secondary N) is 1. The molecule has 0 aliphatic heterocycles. The Kier molecular flexibility index (Phi) is 7.99. The Hall–Kier alpha value is -2.62. The summed E-state index contributed by atoms with van der Waals surface area (Å²) in [6.07, 6.45) is 1.53. The van der Waals surface area contributed by atoms with Crippen molar-refractivity contribution in [2.75, 3.05) is 36.4 Å². The van der Waals surface area contributed by atoms with Crippen molar-refractivity contribution in [1.29, 1.82) is 0 Å². The number of anilines is 2. The van der Waals surface area contributed by atoms with Gasteiger partial charge in [0.2, 0.25) is 10.0 Å². The van der Waals surface area contributed by atoms with Crippen molar-refractivity contribution in [3.05, 3.63) is 63.7 Å². The fraction of sp³-hybridized carbons (Fsp3) is 0.391. The maximum atomic E-state index is 13.1. The molecule has 8 nitrogen and oxygen atoms in total. The highest BCUT2D eigenvalue weighted by Crippen LogP contribution is 2.30. The van der Waals surface area contributed by atoms with Gasteiger partial charge in [0.25, 0.3) is 5.56 Å². The van der Waals surface area contributed by atoms with E-state index in [1.165, 1.54) is 21.0 Å². The van der Waals surface area contributed by atoms with Crippen LogP contribution in [0.1, 0.15) is 33.4 Å². The molecule has 0 bridgehead atoms. The molecule has 0 aliphatic carbocycles. The zero-order chi connectivity index (χ0) is 24.2. The molecule has 0 spiro atoms. The van der Waals surface area contributed by atoms with Crippen LogP contribution in [0.5, 0.6) is 0 Å². The summed E-state index contributed by atoms with van der Waals surface area (Å²) >= 11 is 5.98. The summed E-state index contributed by atoms with van der Waals surface area (Å²) in [5.41, 5.74) is 2.37. The van der Waals surface area contributed by atoms with Gasteiger partial charge < -0.3 is 10.2 Å². The van der Waals surface area contributed by atoms with Gasteiger partial charge in [-0.3, -0.25) is 9.20 Å². The van der Waals surface area contributed by atoms with E-state index in [1.807, 2.05) is 33.8 Å². The predicted octanol–water partition coefficient (Wildman–Crippen LogP) is 3.84. The topological polar surface area (TPSA) is 87.0 Å². The third-order valence-electron chi connectivity index (χ3n) is 5.55. The van der Waals surface area contributed by atoms with E-state index in [4.69, 9.17) is 11.6 Å². The number of nitrogens with zero attached hydrogens (tertiary/aromatic N) is 4. The smallest absolute Gasteiger partial charge is 0.258 e. The number of hydrogen-bond acceptors (Lipinski definition) is 6. The number of rotatable bonds is 10. The molecule has 3 aromatic rings. The monoisotopic (exact) mass is 491 g/mol. The van der Waals surface area contributed by atoms with Gasteiger partial charge in [-0.1, -0.05) is 25.4 Å². The molecule has 178 valence electrons. The van der Waals surface area contributed by atoms with Gasteiger partial charge in [0, 0.05) is 38.4 Å². The molecule has 10 heteroatoms. The molecule has 2 heterocycles. The normalized spacial score (nSPS) is 11.8. The average Bonchev–Trinajstić information content (AvgIpc) is 2.80. The molecule has 2 aromatic heterocycles. The molecule has 33 heavy (non-hydrogen) atoms. The highest BCUT2D eigenvalue weighted by Gasteiger charge is 2.23. The Labute approximate surface area is 199 Å². The molecule has 0 fully saturated rings. The predicted molar refractivity (Wildman–Crippen MR) is 134 cm³/mol. The van der Waals surface area contributed by atoms with Gasteiger partial charge in [-0.05, 0) is 44.2 Å². The van der Waals surface area contributed by atoms with E-state index in [9.17, 15) is 13.2 Å². The fourth-order valence-corrected chi connectivity index (χ4v) is 5.42. The van der Waals surface area contributed by atoms with Crippen molar-refractivity contribution < 1.29 is 8.42 Å². The van der Waals surface area contributed by atoms with Gasteiger partial charge in [-0.25, -0.2) is 13.4 Å². The first-order chi connectivity index (χ1) is 15.7. The quantitative estimate of drug-likeness (QED) is 0.463. The van der Waals surface area contributed by atoms with Crippen LogP contribution in [-0.4, -0.2) is 48.3 Å². The van der Waals surface area contributed by atoms with Crippen molar-refractivity contribution in [3.8, 4) is 0 Å². The summed E-state index contributed by atoms with van der Waals surface area (Å²) in [5.74, 6) is 0. The van der Waals surface area contributed by atoms with Crippen LogP contribution in [0, 0.1) is 0 Å². The van der Waals surface area contributed by atoms with Gasteiger partial charge >= 0.3 is 0 Å². The second-order valence-electron chi connectivity index (χ2n) is 7.46. The zero-order valence-corrected chi connectivity index (χ0v) is 20.9. The molecular formula is C23H30ClN5O3S. The molecular weight excluding hydrogens is 462 g/mol. The third-order valence-corrected chi connectivity index (χ3v) is 7.82. The van der Waals surface area contributed by atoms with E-state index in [0.29, 0.717) is 35.1 Å². The molecule has 1 N–H and O–H groups in total. The van der Waals surface area contributed by atoms with Gasteiger partial charge in [-0.15, -0.1) is 0 Å². The minimum Gasteiger partial charge on any atom is -0.378 e. The number of sulfonamides is 1. The summed E-state index contributed by atoms with van der Waals surface area (Å²) in [5, 5.41) is 3.76. The van der Waals surface area contributed by atoms with Crippen LogP contribution in [0.25, 0.3) is 5.65 Å². The standard InChI is InChI=1S/C23H30ClN5O3S/c1-5-27(6-2)21-11-10-19(33(31,32)28(7-3)8-4)14-20(21)25-15-18-13-23(30)29-16-17(24)9-12-22(29)26-18/h9-14,16,25H,5-8,15H2,1-4H3. The van der Waals surface area contributed by atoms with Crippen LogP contribution in [-0.2, 0) is 16.6 Å². The van der Waals surface area contributed by atoms with Gasteiger partial charge in [0.05, 0.1) is 33.5 Å². The summed E-state index contributed by atoms with van der Waals surface area (Å²) in [7, 11) is -3.61. The van der Waals surface area contributed by atoms with Crippen LogP contribution >= 0.6 is 11.6 Å². The van der Waals surface area contributed by atoms with Crippen molar-refractivity contribution in [2.45, 2.75) is 39.1 Å². The second kappa shape index (κ2) is 10.5. The first-order valence-electron chi connectivity index (χ1n) is 11.1. The Balaban J connectivity index is 2.00. The lowest BCUT2D eigenvalue weighted by Crippen LogP contribution is -2.31. The third kappa shape index (κ3) is 5.31. The highest BCUT2D eigenvalue weighted by atomic mass is 35.5. The molecule has 0 unspecified atom stereocenters. The van der Waals surface area contributed by atoms with E-state index in [-0.39, 0.29) is 17.0 Å². The molecule has 0 atom stereocenters. The number of aromatic nitrogens is 2.